The Morgan fingerprint density at radius 3 is 2.45 bits per heavy atom. The van der Waals surface area contributed by atoms with E-state index >= 15 is 0 Å². The zero-order valence-electron chi connectivity index (χ0n) is 9.89. The summed E-state index contributed by atoms with van der Waals surface area (Å²) >= 11 is 0. The number of para-hydroxylation sites is 2. The smallest absolute Gasteiger partial charge is 0.339 e. The first-order valence-electron chi connectivity index (χ1n) is 5.33. The van der Waals surface area contributed by atoms with Crippen molar-refractivity contribution < 1.29 is 21.9 Å². The fourth-order valence-electron chi connectivity index (χ4n) is 1.47. The lowest BCUT2D eigenvalue weighted by Crippen LogP contribution is -2.11. The number of hydrogen-bond donors (Lipinski definition) is 0. The highest BCUT2D eigenvalue weighted by molar-refractivity contribution is 7.87. The minimum Gasteiger partial charge on any atom is -0.372 e. The van der Waals surface area contributed by atoms with Crippen LogP contribution in [0.5, 0.6) is 5.75 Å². The molecule has 0 unspecified atom stereocenters. The molecule has 20 heavy (non-hydrogen) atoms. The Balaban J connectivity index is 2.41. The van der Waals surface area contributed by atoms with Crippen molar-refractivity contribution >= 4 is 15.8 Å². The molecule has 8 heteroatoms. The number of rotatable bonds is 4. The maximum atomic E-state index is 13.0. The lowest BCUT2D eigenvalue weighted by molar-refractivity contribution is -0.385. The van der Waals surface area contributed by atoms with Gasteiger partial charge in [-0.25, -0.2) is 4.39 Å². The van der Waals surface area contributed by atoms with Gasteiger partial charge in [0.2, 0.25) is 5.75 Å². The minimum absolute atomic E-state index is 0.421. The third-order valence-electron chi connectivity index (χ3n) is 2.35. The molecule has 104 valence electrons. The fourth-order valence-corrected chi connectivity index (χ4v) is 2.44. The van der Waals surface area contributed by atoms with E-state index in [2.05, 4.69) is 0 Å². The van der Waals surface area contributed by atoms with Crippen LogP contribution in [0.15, 0.2) is 53.4 Å². The highest BCUT2D eigenvalue weighted by atomic mass is 32.2. The van der Waals surface area contributed by atoms with E-state index in [0.717, 1.165) is 30.3 Å². The van der Waals surface area contributed by atoms with Gasteiger partial charge in [-0.15, -0.1) is 0 Å². The Bertz CT molecular complexity index is 760. The van der Waals surface area contributed by atoms with Gasteiger partial charge < -0.3 is 4.18 Å². The Hall–Kier alpha value is -2.48. The Kier molecular flexibility index (Phi) is 3.66. The molecule has 0 aliphatic rings. The van der Waals surface area contributed by atoms with E-state index in [1.54, 1.807) is 0 Å². The molecule has 0 fully saturated rings. The van der Waals surface area contributed by atoms with Crippen LogP contribution < -0.4 is 4.18 Å². The van der Waals surface area contributed by atoms with E-state index in [4.69, 9.17) is 4.18 Å². The van der Waals surface area contributed by atoms with Crippen LogP contribution >= 0.6 is 0 Å². The molecule has 0 amide bonds. The molecule has 2 aromatic carbocycles. The summed E-state index contributed by atoms with van der Waals surface area (Å²) in [6, 6.07) is 9.20. The van der Waals surface area contributed by atoms with Gasteiger partial charge in [0.05, 0.1) is 4.92 Å². The molecule has 0 heterocycles. The van der Waals surface area contributed by atoms with E-state index in [1.807, 2.05) is 0 Å². The van der Waals surface area contributed by atoms with Crippen molar-refractivity contribution in [2.45, 2.75) is 4.90 Å². The molecule has 0 saturated carbocycles. The van der Waals surface area contributed by atoms with Crippen molar-refractivity contribution in [3.8, 4) is 5.75 Å². The predicted octanol–water partition coefficient (Wildman–Crippen LogP) is 2.50. The Morgan fingerprint density at radius 2 is 1.80 bits per heavy atom. The summed E-state index contributed by atoms with van der Waals surface area (Å²) in [7, 11) is -4.34. The third-order valence-corrected chi connectivity index (χ3v) is 3.58. The molecule has 0 aliphatic heterocycles. The zero-order valence-corrected chi connectivity index (χ0v) is 10.7. The number of nitro groups is 1. The summed E-state index contributed by atoms with van der Waals surface area (Å²) in [6.45, 7) is 0. The standard InChI is InChI=1S/C12H8FNO5S/c13-9-4-3-5-10(8-9)20(17,18)19-12-7-2-1-6-11(12)14(15)16/h1-8H. The van der Waals surface area contributed by atoms with Gasteiger partial charge in [0.1, 0.15) is 10.7 Å². The molecule has 0 aliphatic carbocycles. The van der Waals surface area contributed by atoms with Gasteiger partial charge in [-0.05, 0) is 24.3 Å². The summed E-state index contributed by atoms with van der Waals surface area (Å²) in [5.74, 6) is -1.18. The molecule has 0 radical (unpaired) electrons. The van der Waals surface area contributed by atoms with E-state index in [0.29, 0.717) is 0 Å². The summed E-state index contributed by atoms with van der Waals surface area (Å²) < 4.78 is 41.5. The zero-order chi connectivity index (χ0) is 14.8. The number of nitro benzene ring substituents is 1. The van der Waals surface area contributed by atoms with E-state index in [-0.39, 0.29) is 0 Å². The normalized spacial score (nSPS) is 11.1. The Morgan fingerprint density at radius 1 is 1.10 bits per heavy atom. The SMILES string of the molecule is O=[N+]([O-])c1ccccc1OS(=O)(=O)c1cccc(F)c1. The van der Waals surface area contributed by atoms with Crippen molar-refractivity contribution in [2.24, 2.45) is 0 Å². The monoisotopic (exact) mass is 297 g/mol. The van der Waals surface area contributed by atoms with Crippen LogP contribution in [-0.2, 0) is 10.1 Å². The highest BCUT2D eigenvalue weighted by Gasteiger charge is 2.23. The minimum atomic E-state index is -4.34. The summed E-state index contributed by atoms with van der Waals surface area (Å²) in [5.41, 5.74) is -0.493. The first-order chi connectivity index (χ1) is 9.40. The third kappa shape index (κ3) is 2.91. The van der Waals surface area contributed by atoms with Gasteiger partial charge in [0.25, 0.3) is 0 Å². The number of halogens is 1. The maximum absolute atomic E-state index is 13.0. The van der Waals surface area contributed by atoms with Crippen molar-refractivity contribution in [2.75, 3.05) is 0 Å². The van der Waals surface area contributed by atoms with Crippen LogP contribution in [0.25, 0.3) is 0 Å². The second-order valence-electron chi connectivity index (χ2n) is 3.72. The van der Waals surface area contributed by atoms with Gasteiger partial charge in [-0.2, -0.15) is 8.42 Å². The van der Waals surface area contributed by atoms with Crippen molar-refractivity contribution in [1.82, 2.24) is 0 Å². The van der Waals surface area contributed by atoms with Gasteiger partial charge in [0, 0.05) is 6.07 Å². The van der Waals surface area contributed by atoms with Gasteiger partial charge in [-0.1, -0.05) is 18.2 Å². The summed E-state index contributed by atoms with van der Waals surface area (Å²) in [4.78, 5) is 9.58. The number of hydrogen-bond acceptors (Lipinski definition) is 5. The predicted molar refractivity (Wildman–Crippen MR) is 67.3 cm³/mol. The average Bonchev–Trinajstić information content (AvgIpc) is 2.38. The van der Waals surface area contributed by atoms with Crippen LogP contribution in [0, 0.1) is 15.9 Å². The fraction of sp³-hybridized carbons (Fsp3) is 0. The average molecular weight is 297 g/mol. The first kappa shape index (κ1) is 13.9. The molecule has 0 atom stereocenters. The van der Waals surface area contributed by atoms with Gasteiger partial charge >= 0.3 is 15.8 Å². The molecular weight excluding hydrogens is 289 g/mol. The molecule has 0 spiro atoms. The summed E-state index contributed by atoms with van der Waals surface area (Å²) in [6.07, 6.45) is 0. The lowest BCUT2D eigenvalue weighted by atomic mass is 10.3. The second-order valence-corrected chi connectivity index (χ2v) is 5.27. The highest BCUT2D eigenvalue weighted by Crippen LogP contribution is 2.29. The van der Waals surface area contributed by atoms with Crippen molar-refractivity contribution in [3.05, 3.63) is 64.5 Å². The quantitative estimate of drug-likeness (QED) is 0.491. The molecule has 2 rings (SSSR count). The molecule has 0 N–H and O–H groups in total. The van der Waals surface area contributed by atoms with Crippen molar-refractivity contribution in [1.29, 1.82) is 0 Å². The maximum Gasteiger partial charge on any atom is 0.339 e. The molecule has 0 saturated heterocycles. The van der Waals surface area contributed by atoms with Crippen LogP contribution in [0.2, 0.25) is 0 Å². The van der Waals surface area contributed by atoms with Crippen LogP contribution in [0.3, 0.4) is 0 Å². The first-order valence-corrected chi connectivity index (χ1v) is 6.74. The van der Waals surface area contributed by atoms with Crippen LogP contribution in [0.4, 0.5) is 10.1 Å². The van der Waals surface area contributed by atoms with Gasteiger partial charge in [-0.3, -0.25) is 10.1 Å². The number of benzene rings is 2. The van der Waals surface area contributed by atoms with Crippen LogP contribution in [-0.4, -0.2) is 13.3 Å². The number of nitrogens with zero attached hydrogens (tertiary/aromatic N) is 1. The second kappa shape index (κ2) is 5.25. The molecule has 6 nitrogen and oxygen atoms in total. The topological polar surface area (TPSA) is 86.5 Å². The largest absolute Gasteiger partial charge is 0.372 e. The van der Waals surface area contributed by atoms with E-state index in [1.165, 1.54) is 18.2 Å². The van der Waals surface area contributed by atoms with Gasteiger partial charge in [0.15, 0.2) is 0 Å². The molecule has 0 aromatic heterocycles. The Labute approximate surface area is 113 Å². The molecule has 0 bridgehead atoms. The van der Waals surface area contributed by atoms with E-state index < -0.39 is 37.2 Å². The van der Waals surface area contributed by atoms with Crippen LogP contribution in [0.1, 0.15) is 0 Å². The lowest BCUT2D eigenvalue weighted by Gasteiger charge is -2.07. The molecular formula is C12H8FNO5S. The van der Waals surface area contributed by atoms with E-state index in [9.17, 15) is 22.9 Å². The molecule has 2 aromatic rings. The van der Waals surface area contributed by atoms with Crippen molar-refractivity contribution in [3.63, 3.8) is 0 Å². The summed E-state index contributed by atoms with van der Waals surface area (Å²) in [5, 5.41) is 10.8.